The van der Waals surface area contributed by atoms with E-state index in [9.17, 15) is 4.79 Å². The normalized spacial score (nSPS) is 16.7. The first-order chi connectivity index (χ1) is 4.04. The molecule has 6 heteroatoms. The highest BCUT2D eigenvalue weighted by atomic mass is 32.8. The standard InChI is InChI=1S/C3H7NO3S2/c4-2(3(5)6)1-9(7)8/h2H,1,4H2,(H,5,6)(H,7,8)/t2-,9?/m0/s1. The number of carboxylic acid groups (broad SMARTS) is 1. The molecule has 4 N–H and O–H groups in total. The van der Waals surface area contributed by atoms with E-state index in [0.717, 1.165) is 0 Å². The molecule has 0 aliphatic carbocycles. The van der Waals surface area contributed by atoms with Crippen LogP contribution < -0.4 is 5.73 Å². The smallest absolute Gasteiger partial charge is 0.321 e. The van der Waals surface area contributed by atoms with Gasteiger partial charge in [-0.05, 0) is 11.2 Å². The molecule has 0 bridgehead atoms. The minimum absolute atomic E-state index is 0.0509. The molecule has 0 fully saturated rings. The van der Waals surface area contributed by atoms with Crippen molar-refractivity contribution in [2.24, 2.45) is 5.73 Å². The SMILES string of the molecule is N[C@@H](CS(O)=S)C(=O)O. The number of hydrogen-bond acceptors (Lipinski definition) is 3. The Kier molecular flexibility index (Phi) is 3.87. The molecule has 0 rings (SSSR count). The fraction of sp³-hybridized carbons (Fsp3) is 0.667. The van der Waals surface area contributed by atoms with E-state index in [1.54, 1.807) is 0 Å². The third-order valence-electron chi connectivity index (χ3n) is 0.639. The van der Waals surface area contributed by atoms with E-state index in [2.05, 4.69) is 11.2 Å². The Balaban J connectivity index is 3.63. The second-order valence-corrected chi connectivity index (χ2v) is 3.56. The molecule has 0 aromatic rings. The molecule has 0 saturated heterocycles. The van der Waals surface area contributed by atoms with Gasteiger partial charge < -0.3 is 15.4 Å². The number of rotatable bonds is 3. The van der Waals surface area contributed by atoms with Crippen molar-refractivity contribution in [3.8, 4) is 0 Å². The highest BCUT2D eigenvalue weighted by Gasteiger charge is 2.11. The fourth-order valence-corrected chi connectivity index (χ4v) is 1.11. The van der Waals surface area contributed by atoms with Crippen LogP contribution in [0.5, 0.6) is 0 Å². The van der Waals surface area contributed by atoms with E-state index in [1.807, 2.05) is 0 Å². The van der Waals surface area contributed by atoms with E-state index in [0.29, 0.717) is 0 Å². The maximum absolute atomic E-state index is 9.96. The summed E-state index contributed by atoms with van der Waals surface area (Å²) in [5.74, 6) is -1.18. The van der Waals surface area contributed by atoms with Gasteiger partial charge in [-0.3, -0.25) is 4.79 Å². The average Bonchev–Trinajstić information content (AvgIpc) is 1.63. The third-order valence-corrected chi connectivity index (χ3v) is 1.69. The largest absolute Gasteiger partial charge is 0.480 e. The zero-order chi connectivity index (χ0) is 7.44. The summed E-state index contributed by atoms with van der Waals surface area (Å²) >= 11 is 4.31. The molecular weight excluding hydrogens is 162 g/mol. The second kappa shape index (κ2) is 3.89. The molecular formula is C3H7NO3S2. The lowest BCUT2D eigenvalue weighted by Gasteiger charge is -2.01. The summed E-state index contributed by atoms with van der Waals surface area (Å²) in [4.78, 5) is 9.96. The van der Waals surface area contributed by atoms with Crippen LogP contribution in [-0.2, 0) is 25.7 Å². The van der Waals surface area contributed by atoms with Crippen molar-refractivity contribution in [3.05, 3.63) is 0 Å². The molecule has 0 aromatic heterocycles. The number of carbonyl (C=O) groups is 1. The lowest BCUT2D eigenvalue weighted by molar-refractivity contribution is -0.137. The number of hydrogen-bond donors (Lipinski definition) is 3. The molecule has 0 spiro atoms. The summed E-state index contributed by atoms with van der Waals surface area (Å²) in [6.07, 6.45) is 0. The zero-order valence-electron chi connectivity index (χ0n) is 4.48. The maximum atomic E-state index is 9.96. The molecule has 0 heterocycles. The molecule has 2 atom stereocenters. The van der Waals surface area contributed by atoms with Gasteiger partial charge in [-0.15, -0.1) is 0 Å². The molecule has 4 nitrogen and oxygen atoms in total. The summed E-state index contributed by atoms with van der Waals surface area (Å²) in [5.41, 5.74) is 5.00. The summed E-state index contributed by atoms with van der Waals surface area (Å²) in [5, 5.41) is 8.15. The summed E-state index contributed by atoms with van der Waals surface area (Å²) in [6.45, 7) is 0. The van der Waals surface area contributed by atoms with Crippen LogP contribution in [0, 0.1) is 0 Å². The minimum Gasteiger partial charge on any atom is -0.480 e. The van der Waals surface area contributed by atoms with Gasteiger partial charge in [-0.25, -0.2) is 0 Å². The van der Waals surface area contributed by atoms with E-state index < -0.39 is 21.7 Å². The first-order valence-corrected chi connectivity index (χ1v) is 4.37. The van der Waals surface area contributed by atoms with E-state index in [1.165, 1.54) is 0 Å². The van der Waals surface area contributed by atoms with Crippen molar-refractivity contribution >= 4 is 26.9 Å². The number of aliphatic carboxylic acids is 1. The third kappa shape index (κ3) is 4.46. The van der Waals surface area contributed by atoms with Gasteiger partial charge in [0.15, 0.2) is 0 Å². The van der Waals surface area contributed by atoms with Gasteiger partial charge in [0.05, 0.1) is 0 Å². The van der Waals surface area contributed by atoms with Crippen molar-refractivity contribution in [3.63, 3.8) is 0 Å². The van der Waals surface area contributed by atoms with Crippen LogP contribution in [-0.4, -0.2) is 27.4 Å². The first kappa shape index (κ1) is 8.96. The van der Waals surface area contributed by atoms with Gasteiger partial charge in [0.1, 0.15) is 6.04 Å². The van der Waals surface area contributed by atoms with Gasteiger partial charge >= 0.3 is 5.97 Å². The van der Waals surface area contributed by atoms with Gasteiger partial charge in [0.25, 0.3) is 0 Å². The van der Waals surface area contributed by atoms with Crippen LogP contribution in [0.2, 0.25) is 0 Å². The monoisotopic (exact) mass is 169 g/mol. The van der Waals surface area contributed by atoms with Gasteiger partial charge in [0.2, 0.25) is 0 Å². The Morgan fingerprint density at radius 3 is 2.44 bits per heavy atom. The van der Waals surface area contributed by atoms with Crippen molar-refractivity contribution in [2.75, 3.05) is 5.75 Å². The lowest BCUT2D eigenvalue weighted by Crippen LogP contribution is -2.35. The van der Waals surface area contributed by atoms with Gasteiger partial charge in [-0.1, -0.05) is 0 Å². The number of carboxylic acids is 1. The van der Waals surface area contributed by atoms with Crippen LogP contribution in [0.3, 0.4) is 0 Å². The quantitative estimate of drug-likeness (QED) is 0.502. The lowest BCUT2D eigenvalue weighted by atomic mass is 10.4. The topological polar surface area (TPSA) is 83.5 Å². The van der Waals surface area contributed by atoms with Crippen LogP contribution in [0.4, 0.5) is 0 Å². The molecule has 1 unspecified atom stereocenters. The Hall–Kier alpha value is -0.0400. The zero-order valence-corrected chi connectivity index (χ0v) is 6.11. The maximum Gasteiger partial charge on any atom is 0.321 e. The molecule has 0 aliphatic heterocycles. The Labute approximate surface area is 59.5 Å². The van der Waals surface area contributed by atoms with Gasteiger partial charge in [-0.2, -0.15) is 0 Å². The van der Waals surface area contributed by atoms with Crippen molar-refractivity contribution < 1.29 is 14.5 Å². The predicted octanol–water partition coefficient (Wildman–Crippen LogP) is -1.05. The Bertz CT molecular complexity index is 137. The minimum atomic E-state index is -1.29. The highest BCUT2D eigenvalue weighted by molar-refractivity contribution is 8.25. The fourth-order valence-electron chi connectivity index (χ4n) is 0.225. The Morgan fingerprint density at radius 2 is 2.33 bits per heavy atom. The molecule has 0 aliphatic rings. The highest BCUT2D eigenvalue weighted by Crippen LogP contribution is 1.82. The molecule has 0 amide bonds. The molecule has 54 valence electrons. The van der Waals surface area contributed by atoms with E-state index in [-0.39, 0.29) is 5.75 Å². The predicted molar refractivity (Wildman–Crippen MR) is 37.8 cm³/mol. The molecule has 0 radical (unpaired) electrons. The second-order valence-electron chi connectivity index (χ2n) is 1.43. The van der Waals surface area contributed by atoms with Gasteiger partial charge in [0, 0.05) is 15.5 Å². The average molecular weight is 169 g/mol. The molecule has 9 heavy (non-hydrogen) atoms. The van der Waals surface area contributed by atoms with Crippen LogP contribution in [0.25, 0.3) is 0 Å². The first-order valence-electron chi connectivity index (χ1n) is 2.10. The summed E-state index contributed by atoms with van der Waals surface area (Å²) in [6, 6.07) is -1.03. The summed E-state index contributed by atoms with van der Waals surface area (Å²) in [7, 11) is -1.29. The molecule has 0 saturated carbocycles. The van der Waals surface area contributed by atoms with Crippen LogP contribution >= 0.6 is 0 Å². The van der Waals surface area contributed by atoms with Crippen molar-refractivity contribution in [1.82, 2.24) is 0 Å². The van der Waals surface area contributed by atoms with Crippen molar-refractivity contribution in [2.45, 2.75) is 6.04 Å². The summed E-state index contributed by atoms with van der Waals surface area (Å²) < 4.78 is 8.47. The number of nitrogens with two attached hydrogens (primary N) is 1. The van der Waals surface area contributed by atoms with E-state index in [4.69, 9.17) is 15.4 Å². The van der Waals surface area contributed by atoms with Crippen molar-refractivity contribution in [1.29, 1.82) is 0 Å². The van der Waals surface area contributed by atoms with E-state index >= 15 is 0 Å². The van der Waals surface area contributed by atoms with Crippen LogP contribution in [0.1, 0.15) is 0 Å². The van der Waals surface area contributed by atoms with Crippen LogP contribution in [0.15, 0.2) is 0 Å². The molecule has 0 aromatic carbocycles. The Morgan fingerprint density at radius 1 is 1.89 bits per heavy atom.